The molecule has 0 amide bonds. The highest BCUT2D eigenvalue weighted by Crippen LogP contribution is 2.43. The van der Waals surface area contributed by atoms with Gasteiger partial charge in [-0.15, -0.1) is 0 Å². The lowest BCUT2D eigenvalue weighted by molar-refractivity contribution is -0.393. The first-order valence-electron chi connectivity index (χ1n) is 6.45. The number of halogens is 3. The molecule has 2 aromatic rings. The van der Waals surface area contributed by atoms with E-state index < -0.39 is 21.2 Å². The average molecular weight is 402 g/mol. The van der Waals surface area contributed by atoms with Crippen molar-refractivity contribution < 1.29 is 9.85 Å². The van der Waals surface area contributed by atoms with Crippen LogP contribution in [0.1, 0.15) is 11.1 Å². The first-order chi connectivity index (χ1) is 11.7. The number of nitro benzene ring substituents is 2. The van der Waals surface area contributed by atoms with Crippen molar-refractivity contribution >= 4 is 57.6 Å². The second-order valence-electron chi connectivity index (χ2n) is 4.79. The third kappa shape index (κ3) is 3.58. The van der Waals surface area contributed by atoms with Crippen molar-refractivity contribution in [2.75, 3.05) is 5.32 Å². The number of nitro groups is 2. The fourth-order valence-corrected chi connectivity index (χ4v) is 2.88. The monoisotopic (exact) mass is 400 g/mol. The lowest BCUT2D eigenvalue weighted by atomic mass is 10.1. The molecule has 0 aliphatic heterocycles. The maximum Gasteiger partial charge on any atom is 0.299 e. The van der Waals surface area contributed by atoms with Crippen LogP contribution in [-0.4, -0.2) is 9.85 Å². The van der Waals surface area contributed by atoms with Crippen LogP contribution in [0.25, 0.3) is 0 Å². The van der Waals surface area contributed by atoms with E-state index in [1.165, 1.54) is 19.1 Å². The van der Waals surface area contributed by atoms with Crippen LogP contribution < -0.4 is 5.32 Å². The van der Waals surface area contributed by atoms with Gasteiger partial charge < -0.3 is 5.32 Å². The van der Waals surface area contributed by atoms with E-state index in [2.05, 4.69) is 5.32 Å². The molecule has 2 rings (SSSR count). The van der Waals surface area contributed by atoms with Gasteiger partial charge in [0, 0.05) is 5.56 Å². The van der Waals surface area contributed by atoms with Gasteiger partial charge in [-0.25, -0.2) is 0 Å². The van der Waals surface area contributed by atoms with Crippen LogP contribution in [0.2, 0.25) is 15.1 Å². The van der Waals surface area contributed by atoms with Crippen LogP contribution >= 0.6 is 34.8 Å². The number of nitriles is 1. The minimum Gasteiger partial charge on any atom is -0.347 e. The molecule has 1 N–H and O–H groups in total. The van der Waals surface area contributed by atoms with Crippen molar-refractivity contribution in [3.63, 3.8) is 0 Å². The summed E-state index contributed by atoms with van der Waals surface area (Å²) in [7, 11) is 0. The van der Waals surface area contributed by atoms with Gasteiger partial charge in [-0.1, -0.05) is 34.8 Å². The minimum absolute atomic E-state index is 0.0484. The summed E-state index contributed by atoms with van der Waals surface area (Å²) in [6.07, 6.45) is 0. The van der Waals surface area contributed by atoms with Gasteiger partial charge >= 0.3 is 0 Å². The molecule has 0 aliphatic rings. The predicted octanol–water partition coefficient (Wildman–Crippen LogP) is 5.39. The van der Waals surface area contributed by atoms with Crippen LogP contribution in [0.5, 0.6) is 0 Å². The van der Waals surface area contributed by atoms with E-state index in [0.717, 1.165) is 6.07 Å². The van der Waals surface area contributed by atoms with E-state index in [0.29, 0.717) is 0 Å². The molecule has 0 heterocycles. The number of benzene rings is 2. The molecule has 0 saturated carbocycles. The molecule has 0 saturated heterocycles. The summed E-state index contributed by atoms with van der Waals surface area (Å²) >= 11 is 18.1. The van der Waals surface area contributed by atoms with Crippen molar-refractivity contribution in [1.29, 1.82) is 5.26 Å². The predicted molar refractivity (Wildman–Crippen MR) is 94.0 cm³/mol. The van der Waals surface area contributed by atoms with Gasteiger partial charge in [-0.2, -0.15) is 5.26 Å². The van der Waals surface area contributed by atoms with E-state index in [4.69, 9.17) is 40.1 Å². The minimum atomic E-state index is -0.812. The Hall–Kier alpha value is -2.60. The van der Waals surface area contributed by atoms with E-state index >= 15 is 0 Å². The molecular weight excluding hydrogens is 395 g/mol. The third-order valence-corrected chi connectivity index (χ3v) is 4.35. The molecular formula is C14H7Cl3N4O4. The molecule has 0 atom stereocenters. The standard InChI is InChI=1S/C14H7Cl3N4O4/c1-6-12(17)10(20(22)23)4-11(21(24)25)13(6)19-14-8(15)2-7(5-18)3-9(14)16/h2-4,19H,1H3. The zero-order valence-electron chi connectivity index (χ0n) is 12.3. The third-order valence-electron chi connectivity index (χ3n) is 3.27. The normalized spacial score (nSPS) is 10.2. The summed E-state index contributed by atoms with van der Waals surface area (Å²) < 4.78 is 0. The zero-order valence-corrected chi connectivity index (χ0v) is 14.6. The van der Waals surface area contributed by atoms with Gasteiger partial charge in [0.15, 0.2) is 0 Å². The van der Waals surface area contributed by atoms with E-state index in [9.17, 15) is 20.2 Å². The molecule has 0 fully saturated rings. The van der Waals surface area contributed by atoms with E-state index in [1.807, 2.05) is 6.07 Å². The Labute approximate surface area is 155 Å². The van der Waals surface area contributed by atoms with Crippen molar-refractivity contribution in [2.24, 2.45) is 0 Å². The number of anilines is 2. The molecule has 8 nitrogen and oxygen atoms in total. The molecule has 128 valence electrons. The molecule has 2 aromatic carbocycles. The summed E-state index contributed by atoms with van der Waals surface area (Å²) in [5, 5.41) is 33.7. The highest BCUT2D eigenvalue weighted by molar-refractivity contribution is 6.39. The Balaban J connectivity index is 2.69. The van der Waals surface area contributed by atoms with Crippen LogP contribution in [-0.2, 0) is 0 Å². The molecule has 0 radical (unpaired) electrons. The molecule has 0 aliphatic carbocycles. The van der Waals surface area contributed by atoms with Crippen molar-refractivity contribution in [2.45, 2.75) is 6.92 Å². The zero-order chi connectivity index (χ0) is 18.9. The van der Waals surface area contributed by atoms with Crippen LogP contribution in [0.3, 0.4) is 0 Å². The fourth-order valence-electron chi connectivity index (χ4n) is 2.08. The highest BCUT2D eigenvalue weighted by Gasteiger charge is 2.28. The van der Waals surface area contributed by atoms with Gasteiger partial charge in [-0.3, -0.25) is 20.2 Å². The Bertz CT molecular complexity index is 933. The number of hydrogen-bond acceptors (Lipinski definition) is 6. The Morgan fingerprint density at radius 2 is 1.52 bits per heavy atom. The Morgan fingerprint density at radius 3 is 1.96 bits per heavy atom. The molecule has 0 unspecified atom stereocenters. The number of nitrogens with one attached hydrogen (secondary N) is 1. The Morgan fingerprint density at radius 1 is 1.00 bits per heavy atom. The second-order valence-corrected chi connectivity index (χ2v) is 5.99. The molecule has 0 aromatic heterocycles. The summed E-state index contributed by atoms with van der Waals surface area (Å²) in [4.78, 5) is 20.7. The van der Waals surface area contributed by atoms with Crippen molar-refractivity contribution in [3.05, 3.63) is 64.6 Å². The maximum absolute atomic E-state index is 11.3. The quantitative estimate of drug-likeness (QED) is 0.541. The van der Waals surface area contributed by atoms with E-state index in [1.54, 1.807) is 0 Å². The van der Waals surface area contributed by atoms with Gasteiger partial charge in [0.1, 0.15) is 10.7 Å². The van der Waals surface area contributed by atoms with Crippen molar-refractivity contribution in [1.82, 2.24) is 0 Å². The molecule has 0 bridgehead atoms. The second kappa shape index (κ2) is 7.11. The number of nitrogens with zero attached hydrogens (tertiary/aromatic N) is 3. The average Bonchev–Trinajstić information content (AvgIpc) is 2.53. The van der Waals surface area contributed by atoms with Gasteiger partial charge in [-0.05, 0) is 19.1 Å². The summed E-state index contributed by atoms with van der Waals surface area (Å²) in [6, 6.07) is 5.27. The summed E-state index contributed by atoms with van der Waals surface area (Å²) in [5.41, 5.74) is -0.848. The SMILES string of the molecule is Cc1c(Cl)c([N+](=O)[O-])cc([N+](=O)[O-])c1Nc1c(Cl)cc(C#N)cc1Cl. The first kappa shape index (κ1) is 18.7. The maximum atomic E-state index is 11.3. The van der Waals surface area contributed by atoms with Gasteiger partial charge in [0.2, 0.25) is 0 Å². The summed E-state index contributed by atoms with van der Waals surface area (Å²) in [6.45, 7) is 1.39. The van der Waals surface area contributed by atoms with Crippen LogP contribution in [0.4, 0.5) is 22.7 Å². The highest BCUT2D eigenvalue weighted by atomic mass is 35.5. The smallest absolute Gasteiger partial charge is 0.299 e. The lowest BCUT2D eigenvalue weighted by Crippen LogP contribution is -2.03. The van der Waals surface area contributed by atoms with E-state index in [-0.39, 0.29) is 37.6 Å². The van der Waals surface area contributed by atoms with Gasteiger partial charge in [0.25, 0.3) is 11.4 Å². The number of hydrogen-bond donors (Lipinski definition) is 1. The molecule has 0 spiro atoms. The van der Waals surface area contributed by atoms with Crippen LogP contribution in [0.15, 0.2) is 18.2 Å². The largest absolute Gasteiger partial charge is 0.347 e. The lowest BCUT2D eigenvalue weighted by Gasteiger charge is -2.14. The van der Waals surface area contributed by atoms with Gasteiger partial charge in [0.05, 0.1) is 43.3 Å². The topological polar surface area (TPSA) is 122 Å². The molecule has 25 heavy (non-hydrogen) atoms. The fraction of sp³-hybridized carbons (Fsp3) is 0.0714. The Kier molecular flexibility index (Phi) is 5.33. The molecule has 11 heteroatoms. The van der Waals surface area contributed by atoms with Crippen molar-refractivity contribution in [3.8, 4) is 6.07 Å². The number of rotatable bonds is 4. The first-order valence-corrected chi connectivity index (χ1v) is 7.58. The summed E-state index contributed by atoms with van der Waals surface area (Å²) in [5.74, 6) is 0. The van der Waals surface area contributed by atoms with Crippen LogP contribution in [0, 0.1) is 38.5 Å².